The van der Waals surface area contributed by atoms with Crippen molar-refractivity contribution in [3.63, 3.8) is 0 Å². The first-order chi connectivity index (χ1) is 12.8. The smallest absolute Gasteiger partial charge is 0.387 e. The van der Waals surface area contributed by atoms with Crippen molar-refractivity contribution in [2.45, 2.75) is 20.5 Å². The van der Waals surface area contributed by atoms with Gasteiger partial charge in [0.25, 0.3) is 5.91 Å². The van der Waals surface area contributed by atoms with Gasteiger partial charge in [-0.25, -0.2) is 4.79 Å². The molecule has 0 heterocycles. The highest BCUT2D eigenvalue weighted by molar-refractivity contribution is 6.05. The summed E-state index contributed by atoms with van der Waals surface area (Å²) in [7, 11) is 1.26. The average molecular weight is 379 g/mol. The Bertz CT molecular complexity index is 839. The third kappa shape index (κ3) is 5.16. The van der Waals surface area contributed by atoms with E-state index in [2.05, 4.69) is 14.8 Å². The fourth-order valence-electron chi connectivity index (χ4n) is 2.31. The van der Waals surface area contributed by atoms with Gasteiger partial charge in [-0.05, 0) is 49.7 Å². The van der Waals surface area contributed by atoms with Crippen LogP contribution in [0.25, 0.3) is 0 Å². The monoisotopic (exact) mass is 379 g/mol. The zero-order valence-electron chi connectivity index (χ0n) is 15.0. The standard InChI is InChI=1S/C19H19F2NO5/c1-4-26-16-10-12(7-8-15(16)27-19(20)21)17(23)22-14-9-13(18(24)25-3)6-5-11(14)2/h5-10,19H,4H2,1-3H3,(H,22,23). The number of halogens is 2. The number of methoxy groups -OCH3 is 1. The third-order valence-electron chi connectivity index (χ3n) is 3.63. The summed E-state index contributed by atoms with van der Waals surface area (Å²) in [5.74, 6) is -1.15. The topological polar surface area (TPSA) is 73.9 Å². The number of rotatable bonds is 7. The Morgan fingerprint density at radius 2 is 1.78 bits per heavy atom. The Balaban J connectivity index is 2.27. The van der Waals surface area contributed by atoms with E-state index in [1.54, 1.807) is 26.0 Å². The molecule has 6 nitrogen and oxygen atoms in total. The van der Waals surface area contributed by atoms with E-state index < -0.39 is 18.5 Å². The van der Waals surface area contributed by atoms with Gasteiger partial charge < -0.3 is 19.5 Å². The van der Waals surface area contributed by atoms with Crippen LogP contribution in [0.2, 0.25) is 0 Å². The maximum absolute atomic E-state index is 12.5. The number of benzene rings is 2. The maximum Gasteiger partial charge on any atom is 0.387 e. The summed E-state index contributed by atoms with van der Waals surface area (Å²) in [5.41, 5.74) is 1.63. The lowest BCUT2D eigenvalue weighted by Gasteiger charge is -2.14. The molecular weight excluding hydrogens is 360 g/mol. The number of esters is 1. The van der Waals surface area contributed by atoms with Crippen LogP contribution in [0.15, 0.2) is 36.4 Å². The number of nitrogens with one attached hydrogen (secondary N) is 1. The van der Waals surface area contributed by atoms with Crippen LogP contribution < -0.4 is 14.8 Å². The molecule has 0 saturated carbocycles. The van der Waals surface area contributed by atoms with E-state index in [9.17, 15) is 18.4 Å². The lowest BCUT2D eigenvalue weighted by molar-refractivity contribution is -0.0514. The van der Waals surface area contributed by atoms with Crippen molar-refractivity contribution in [2.24, 2.45) is 0 Å². The first kappa shape index (κ1) is 20.2. The van der Waals surface area contributed by atoms with E-state index in [4.69, 9.17) is 4.74 Å². The molecule has 0 spiro atoms. The molecule has 0 aromatic heterocycles. The summed E-state index contributed by atoms with van der Waals surface area (Å²) in [6.07, 6.45) is 0. The number of aryl methyl sites for hydroxylation is 1. The molecule has 8 heteroatoms. The molecule has 0 fully saturated rings. The normalized spacial score (nSPS) is 10.4. The fourth-order valence-corrected chi connectivity index (χ4v) is 2.31. The number of carbonyl (C=O) groups excluding carboxylic acids is 2. The molecule has 0 aliphatic carbocycles. The van der Waals surface area contributed by atoms with E-state index in [-0.39, 0.29) is 29.2 Å². The molecule has 0 atom stereocenters. The predicted molar refractivity (Wildman–Crippen MR) is 94.7 cm³/mol. The highest BCUT2D eigenvalue weighted by Gasteiger charge is 2.16. The van der Waals surface area contributed by atoms with Crippen LogP contribution in [0.4, 0.5) is 14.5 Å². The molecule has 144 valence electrons. The molecule has 0 saturated heterocycles. The quantitative estimate of drug-likeness (QED) is 0.735. The van der Waals surface area contributed by atoms with Crippen LogP contribution in [0.1, 0.15) is 33.2 Å². The van der Waals surface area contributed by atoms with Gasteiger partial charge in [0, 0.05) is 11.3 Å². The largest absolute Gasteiger partial charge is 0.490 e. The Hall–Kier alpha value is -3.16. The zero-order chi connectivity index (χ0) is 20.0. The lowest BCUT2D eigenvalue weighted by atomic mass is 10.1. The highest BCUT2D eigenvalue weighted by atomic mass is 19.3. The van der Waals surface area contributed by atoms with E-state index in [1.807, 2.05) is 0 Å². The fraction of sp³-hybridized carbons (Fsp3) is 0.263. The Kier molecular flexibility index (Phi) is 6.70. The summed E-state index contributed by atoms with van der Waals surface area (Å²) < 4.78 is 39.3. The van der Waals surface area contributed by atoms with Crippen LogP contribution in [-0.4, -0.2) is 32.2 Å². The number of anilines is 1. The molecule has 0 radical (unpaired) electrons. The second-order valence-corrected chi connectivity index (χ2v) is 5.45. The molecule has 1 amide bonds. The van der Waals surface area contributed by atoms with Crippen molar-refractivity contribution >= 4 is 17.6 Å². The average Bonchev–Trinajstić information content (AvgIpc) is 2.64. The Morgan fingerprint density at radius 1 is 1.07 bits per heavy atom. The summed E-state index contributed by atoms with van der Waals surface area (Å²) >= 11 is 0. The van der Waals surface area contributed by atoms with Gasteiger partial charge in [-0.2, -0.15) is 8.78 Å². The molecular formula is C19H19F2NO5. The van der Waals surface area contributed by atoms with Gasteiger partial charge in [0.2, 0.25) is 0 Å². The van der Waals surface area contributed by atoms with Gasteiger partial charge >= 0.3 is 12.6 Å². The van der Waals surface area contributed by atoms with Crippen molar-refractivity contribution in [1.82, 2.24) is 0 Å². The zero-order valence-corrected chi connectivity index (χ0v) is 15.0. The number of amides is 1. The van der Waals surface area contributed by atoms with Gasteiger partial charge in [-0.1, -0.05) is 6.07 Å². The summed E-state index contributed by atoms with van der Waals surface area (Å²) in [5, 5.41) is 2.68. The highest BCUT2D eigenvalue weighted by Crippen LogP contribution is 2.30. The van der Waals surface area contributed by atoms with Crippen molar-refractivity contribution in [3.8, 4) is 11.5 Å². The minimum atomic E-state index is -3.01. The van der Waals surface area contributed by atoms with Gasteiger partial charge in [0.1, 0.15) is 0 Å². The predicted octanol–water partition coefficient (Wildman–Crippen LogP) is 4.03. The van der Waals surface area contributed by atoms with Gasteiger partial charge in [-0.3, -0.25) is 4.79 Å². The number of alkyl halides is 2. The summed E-state index contributed by atoms with van der Waals surface area (Å²) in [4.78, 5) is 24.2. The molecule has 27 heavy (non-hydrogen) atoms. The van der Waals surface area contributed by atoms with E-state index >= 15 is 0 Å². The minimum absolute atomic E-state index is 0.0329. The van der Waals surface area contributed by atoms with Gasteiger partial charge in [0.05, 0.1) is 19.3 Å². The molecule has 2 rings (SSSR count). The first-order valence-corrected chi connectivity index (χ1v) is 8.07. The number of hydrogen-bond acceptors (Lipinski definition) is 5. The SMILES string of the molecule is CCOc1cc(C(=O)Nc2cc(C(=O)OC)ccc2C)ccc1OC(F)F. The molecule has 0 aliphatic heterocycles. The molecule has 0 bridgehead atoms. The van der Waals surface area contributed by atoms with Crippen LogP contribution in [0, 0.1) is 6.92 Å². The lowest BCUT2D eigenvalue weighted by Crippen LogP contribution is -2.14. The molecule has 0 aliphatic rings. The van der Waals surface area contributed by atoms with Crippen molar-refractivity contribution < 1.29 is 32.6 Å². The van der Waals surface area contributed by atoms with Crippen LogP contribution >= 0.6 is 0 Å². The van der Waals surface area contributed by atoms with Crippen LogP contribution in [0.5, 0.6) is 11.5 Å². The minimum Gasteiger partial charge on any atom is -0.490 e. The number of carbonyl (C=O) groups is 2. The summed E-state index contributed by atoms with van der Waals surface area (Å²) in [6.45, 7) is 0.653. The molecule has 1 N–H and O–H groups in total. The van der Waals surface area contributed by atoms with Crippen LogP contribution in [-0.2, 0) is 4.74 Å². The maximum atomic E-state index is 12.5. The van der Waals surface area contributed by atoms with E-state index in [1.165, 1.54) is 31.4 Å². The Morgan fingerprint density at radius 3 is 2.41 bits per heavy atom. The van der Waals surface area contributed by atoms with Crippen molar-refractivity contribution in [3.05, 3.63) is 53.1 Å². The molecule has 0 unspecified atom stereocenters. The van der Waals surface area contributed by atoms with Gasteiger partial charge in [0.15, 0.2) is 11.5 Å². The molecule has 2 aromatic carbocycles. The first-order valence-electron chi connectivity index (χ1n) is 8.07. The second-order valence-electron chi connectivity index (χ2n) is 5.45. The third-order valence-corrected chi connectivity index (χ3v) is 3.63. The Labute approximate surface area is 155 Å². The second kappa shape index (κ2) is 8.98. The van der Waals surface area contributed by atoms with Crippen molar-refractivity contribution in [2.75, 3.05) is 19.0 Å². The molecule has 2 aromatic rings. The number of hydrogen-bond donors (Lipinski definition) is 1. The van der Waals surface area contributed by atoms with Crippen LogP contribution in [0.3, 0.4) is 0 Å². The van der Waals surface area contributed by atoms with Gasteiger partial charge in [-0.15, -0.1) is 0 Å². The van der Waals surface area contributed by atoms with E-state index in [0.717, 1.165) is 5.56 Å². The van der Waals surface area contributed by atoms with Crippen molar-refractivity contribution in [1.29, 1.82) is 0 Å². The summed E-state index contributed by atoms with van der Waals surface area (Å²) in [6, 6.07) is 8.65. The van der Waals surface area contributed by atoms with E-state index in [0.29, 0.717) is 5.69 Å². The number of ether oxygens (including phenoxy) is 3.